The number of likely N-dealkylation sites (N-methyl/N-ethyl adjacent to an activating group) is 1. The summed E-state index contributed by atoms with van der Waals surface area (Å²) in [7, 11) is 0. The average Bonchev–Trinajstić information content (AvgIpc) is 2.43. The molecule has 4 heteroatoms. The number of amides is 1. The first-order valence-electron chi connectivity index (χ1n) is 7.58. The molecule has 4 nitrogen and oxygen atoms in total. The molecule has 1 aromatic rings. The highest BCUT2D eigenvalue weighted by Gasteiger charge is 2.19. The van der Waals surface area contributed by atoms with Gasteiger partial charge in [-0.2, -0.15) is 0 Å². The molecule has 1 amide bonds. The van der Waals surface area contributed by atoms with Gasteiger partial charge in [0.25, 0.3) is 0 Å². The quantitative estimate of drug-likeness (QED) is 0.770. The van der Waals surface area contributed by atoms with Crippen LogP contribution in [0.5, 0.6) is 0 Å². The summed E-state index contributed by atoms with van der Waals surface area (Å²) in [6.45, 7) is 9.79. The highest BCUT2D eigenvalue weighted by molar-refractivity contribution is 5.78. The van der Waals surface area contributed by atoms with Gasteiger partial charge in [0, 0.05) is 13.1 Å². The van der Waals surface area contributed by atoms with Crippen molar-refractivity contribution in [3.05, 3.63) is 35.9 Å². The van der Waals surface area contributed by atoms with E-state index in [0.717, 1.165) is 6.54 Å². The summed E-state index contributed by atoms with van der Waals surface area (Å²) in [5.41, 5.74) is 0.440. The van der Waals surface area contributed by atoms with Crippen LogP contribution in [-0.4, -0.2) is 47.7 Å². The number of hydrogen-bond acceptors (Lipinski definition) is 3. The van der Waals surface area contributed by atoms with E-state index in [-0.39, 0.29) is 5.91 Å². The second-order valence-corrected chi connectivity index (χ2v) is 6.23. The molecule has 0 heterocycles. The summed E-state index contributed by atoms with van der Waals surface area (Å²) in [5.74, 6) is 0.295. The molecule has 0 aliphatic heterocycles. The Morgan fingerprint density at radius 3 is 2.48 bits per heavy atom. The molecule has 0 saturated heterocycles. The van der Waals surface area contributed by atoms with Crippen molar-refractivity contribution in [3.63, 3.8) is 0 Å². The zero-order valence-electron chi connectivity index (χ0n) is 13.6. The largest absolute Gasteiger partial charge is 0.389 e. The van der Waals surface area contributed by atoms with Crippen LogP contribution in [0.15, 0.2) is 30.3 Å². The fourth-order valence-corrected chi connectivity index (χ4v) is 2.25. The highest BCUT2D eigenvalue weighted by Crippen LogP contribution is 2.13. The van der Waals surface area contributed by atoms with Crippen molar-refractivity contribution in [3.8, 4) is 0 Å². The van der Waals surface area contributed by atoms with Crippen LogP contribution in [0.25, 0.3) is 0 Å². The number of rotatable bonds is 8. The first-order chi connectivity index (χ1) is 9.81. The standard InChI is InChI=1S/C17H28N2O2/c1-5-19(13-17(3,4)21)12-16(20)18-11-14(2)15-9-7-6-8-10-15/h6-10,14,21H,5,11-13H2,1-4H3,(H,18,20). The Kier molecular flexibility index (Phi) is 6.85. The van der Waals surface area contributed by atoms with Gasteiger partial charge in [-0.3, -0.25) is 9.69 Å². The van der Waals surface area contributed by atoms with Crippen molar-refractivity contribution >= 4 is 5.91 Å². The summed E-state index contributed by atoms with van der Waals surface area (Å²) in [6.07, 6.45) is 0. The highest BCUT2D eigenvalue weighted by atomic mass is 16.3. The smallest absolute Gasteiger partial charge is 0.234 e. The van der Waals surface area contributed by atoms with Crippen LogP contribution in [0.1, 0.15) is 39.2 Å². The number of nitrogens with one attached hydrogen (secondary N) is 1. The van der Waals surface area contributed by atoms with Crippen molar-refractivity contribution in [1.29, 1.82) is 0 Å². The molecule has 0 radical (unpaired) electrons. The Morgan fingerprint density at radius 2 is 1.95 bits per heavy atom. The normalized spacial score (nSPS) is 13.2. The van der Waals surface area contributed by atoms with E-state index in [1.807, 2.05) is 30.0 Å². The number of carbonyl (C=O) groups is 1. The monoisotopic (exact) mass is 292 g/mol. The molecule has 0 fully saturated rings. The summed E-state index contributed by atoms with van der Waals surface area (Å²) in [5, 5.41) is 12.8. The molecular formula is C17H28N2O2. The molecule has 0 aliphatic carbocycles. The van der Waals surface area contributed by atoms with E-state index in [4.69, 9.17) is 0 Å². The van der Waals surface area contributed by atoms with E-state index in [2.05, 4.69) is 24.4 Å². The minimum Gasteiger partial charge on any atom is -0.389 e. The maximum Gasteiger partial charge on any atom is 0.234 e. The molecule has 21 heavy (non-hydrogen) atoms. The van der Waals surface area contributed by atoms with Crippen molar-refractivity contribution in [1.82, 2.24) is 10.2 Å². The molecule has 1 unspecified atom stereocenters. The van der Waals surface area contributed by atoms with Crippen LogP contribution in [0, 0.1) is 0 Å². The summed E-state index contributed by atoms with van der Waals surface area (Å²) in [4.78, 5) is 13.9. The molecule has 118 valence electrons. The number of aliphatic hydroxyl groups is 1. The third-order valence-electron chi connectivity index (χ3n) is 3.40. The summed E-state index contributed by atoms with van der Waals surface area (Å²) >= 11 is 0. The van der Waals surface area contributed by atoms with E-state index in [1.165, 1.54) is 5.56 Å². The van der Waals surface area contributed by atoms with Gasteiger partial charge >= 0.3 is 0 Å². The van der Waals surface area contributed by atoms with Crippen LogP contribution in [0.2, 0.25) is 0 Å². The van der Waals surface area contributed by atoms with Gasteiger partial charge in [0.15, 0.2) is 0 Å². The number of benzene rings is 1. The lowest BCUT2D eigenvalue weighted by Crippen LogP contribution is -2.44. The van der Waals surface area contributed by atoms with E-state index in [0.29, 0.717) is 25.6 Å². The van der Waals surface area contributed by atoms with Crippen molar-refractivity contribution < 1.29 is 9.90 Å². The fraction of sp³-hybridized carbons (Fsp3) is 0.588. The van der Waals surface area contributed by atoms with Crippen LogP contribution in [0.4, 0.5) is 0 Å². The van der Waals surface area contributed by atoms with Gasteiger partial charge in [0.2, 0.25) is 5.91 Å². The Balaban J connectivity index is 2.39. The fourth-order valence-electron chi connectivity index (χ4n) is 2.25. The van der Waals surface area contributed by atoms with Crippen molar-refractivity contribution in [2.45, 2.75) is 39.2 Å². The molecule has 0 spiro atoms. The predicted molar refractivity (Wildman–Crippen MR) is 86.3 cm³/mol. The van der Waals surface area contributed by atoms with E-state index < -0.39 is 5.60 Å². The first kappa shape index (κ1) is 17.7. The van der Waals surface area contributed by atoms with Crippen molar-refractivity contribution in [2.75, 3.05) is 26.2 Å². The van der Waals surface area contributed by atoms with E-state index in [9.17, 15) is 9.90 Å². The molecule has 0 saturated carbocycles. The summed E-state index contributed by atoms with van der Waals surface area (Å²) in [6, 6.07) is 10.2. The lowest BCUT2D eigenvalue weighted by Gasteiger charge is -2.27. The lowest BCUT2D eigenvalue weighted by atomic mass is 10.0. The lowest BCUT2D eigenvalue weighted by molar-refractivity contribution is -0.122. The van der Waals surface area contributed by atoms with Gasteiger partial charge in [-0.05, 0) is 31.9 Å². The minimum atomic E-state index is -0.784. The third-order valence-corrected chi connectivity index (χ3v) is 3.40. The van der Waals surface area contributed by atoms with Gasteiger partial charge in [0.05, 0.1) is 12.1 Å². The Bertz CT molecular complexity index is 426. The molecule has 1 rings (SSSR count). The van der Waals surface area contributed by atoms with Crippen LogP contribution in [0.3, 0.4) is 0 Å². The second-order valence-electron chi connectivity index (χ2n) is 6.23. The molecular weight excluding hydrogens is 264 g/mol. The first-order valence-corrected chi connectivity index (χ1v) is 7.58. The number of hydrogen-bond donors (Lipinski definition) is 2. The molecule has 0 aromatic heterocycles. The van der Waals surface area contributed by atoms with Crippen LogP contribution in [-0.2, 0) is 4.79 Å². The Hall–Kier alpha value is -1.39. The molecule has 0 aliphatic rings. The Labute approximate surface area is 128 Å². The van der Waals surface area contributed by atoms with Crippen LogP contribution >= 0.6 is 0 Å². The second kappa shape index (κ2) is 8.15. The van der Waals surface area contributed by atoms with Gasteiger partial charge in [-0.1, -0.05) is 44.2 Å². The molecule has 1 atom stereocenters. The van der Waals surface area contributed by atoms with Gasteiger partial charge < -0.3 is 10.4 Å². The Morgan fingerprint density at radius 1 is 1.33 bits per heavy atom. The molecule has 2 N–H and O–H groups in total. The number of carbonyl (C=O) groups excluding carboxylic acids is 1. The predicted octanol–water partition coefficient (Wildman–Crippen LogP) is 2.00. The third kappa shape index (κ3) is 7.25. The van der Waals surface area contributed by atoms with Crippen LogP contribution < -0.4 is 5.32 Å². The van der Waals surface area contributed by atoms with Gasteiger partial charge in [-0.15, -0.1) is 0 Å². The maximum absolute atomic E-state index is 12.0. The van der Waals surface area contributed by atoms with Crippen molar-refractivity contribution in [2.24, 2.45) is 0 Å². The van der Waals surface area contributed by atoms with E-state index >= 15 is 0 Å². The molecule has 1 aromatic carbocycles. The van der Waals surface area contributed by atoms with E-state index in [1.54, 1.807) is 13.8 Å². The summed E-state index contributed by atoms with van der Waals surface area (Å²) < 4.78 is 0. The zero-order valence-corrected chi connectivity index (χ0v) is 13.6. The molecule has 0 bridgehead atoms. The average molecular weight is 292 g/mol. The van der Waals surface area contributed by atoms with Gasteiger partial charge in [0.1, 0.15) is 0 Å². The zero-order chi connectivity index (χ0) is 15.9. The maximum atomic E-state index is 12.0. The SMILES string of the molecule is CCN(CC(=O)NCC(C)c1ccccc1)CC(C)(C)O. The minimum absolute atomic E-state index is 0.00359. The topological polar surface area (TPSA) is 52.6 Å². The van der Waals surface area contributed by atoms with Gasteiger partial charge in [-0.25, -0.2) is 0 Å². The number of nitrogens with zero attached hydrogens (tertiary/aromatic N) is 1.